The van der Waals surface area contributed by atoms with Crippen LogP contribution in [0.25, 0.3) is 0 Å². The first-order chi connectivity index (χ1) is 14.9. The molecule has 1 N–H and O–H groups in total. The Morgan fingerprint density at radius 3 is 2.47 bits per heavy atom. The number of hydrogen-bond donors (Lipinski definition) is 1. The first kappa shape index (κ1) is 24.2. The first-order valence-electron chi connectivity index (χ1n) is 10.1. The van der Waals surface area contributed by atoms with Crippen LogP contribution in [-0.4, -0.2) is 62.7 Å². The molecule has 2 aromatic rings. The topological polar surface area (TPSA) is 99.8 Å². The van der Waals surface area contributed by atoms with Gasteiger partial charge >= 0.3 is 12.1 Å². The maximum Gasteiger partial charge on any atom is 0.490 e. The summed E-state index contributed by atoms with van der Waals surface area (Å²) in [7, 11) is 0. The fourth-order valence-electron chi connectivity index (χ4n) is 4.16. The number of carbonyl (C=O) groups excluding carboxylic acids is 1. The molecule has 2 fully saturated rings. The third-order valence-corrected chi connectivity index (χ3v) is 6.61. The first-order valence-corrected chi connectivity index (χ1v) is 10.9. The smallest absolute Gasteiger partial charge is 0.475 e. The van der Waals surface area contributed by atoms with Crippen molar-refractivity contribution in [3.63, 3.8) is 0 Å². The Morgan fingerprint density at radius 1 is 1.28 bits per heavy atom. The maximum absolute atomic E-state index is 12.9. The molecular formula is C20H25F3N4O4S. The molecule has 4 heterocycles. The predicted octanol–water partition coefficient (Wildman–Crippen LogP) is 3.31. The number of hydrogen-bond acceptors (Lipinski definition) is 7. The van der Waals surface area contributed by atoms with Crippen molar-refractivity contribution >= 4 is 23.2 Å². The predicted molar refractivity (Wildman–Crippen MR) is 109 cm³/mol. The Labute approximate surface area is 187 Å². The van der Waals surface area contributed by atoms with Crippen LogP contribution in [0.2, 0.25) is 0 Å². The van der Waals surface area contributed by atoms with Crippen molar-refractivity contribution in [2.75, 3.05) is 19.6 Å². The number of aromatic nitrogens is 2. The minimum atomic E-state index is -5.08. The monoisotopic (exact) mass is 474 g/mol. The number of carboxylic acids is 1. The van der Waals surface area contributed by atoms with Gasteiger partial charge in [0.1, 0.15) is 5.76 Å². The number of piperidine rings is 1. The van der Waals surface area contributed by atoms with Gasteiger partial charge in [0.25, 0.3) is 0 Å². The van der Waals surface area contributed by atoms with Crippen LogP contribution < -0.4 is 0 Å². The molecule has 2 aromatic heterocycles. The van der Waals surface area contributed by atoms with E-state index in [9.17, 15) is 18.0 Å². The third kappa shape index (κ3) is 5.29. The van der Waals surface area contributed by atoms with Gasteiger partial charge in [-0.05, 0) is 40.2 Å². The van der Waals surface area contributed by atoms with Crippen molar-refractivity contribution in [1.29, 1.82) is 0 Å². The molecule has 0 aliphatic carbocycles. The second-order valence-corrected chi connectivity index (χ2v) is 9.53. The Hall–Kier alpha value is -2.47. The van der Waals surface area contributed by atoms with Gasteiger partial charge < -0.3 is 14.5 Å². The van der Waals surface area contributed by atoms with E-state index in [4.69, 9.17) is 14.4 Å². The third-order valence-electron chi connectivity index (χ3n) is 5.71. The lowest BCUT2D eigenvalue weighted by Crippen LogP contribution is -2.66. The number of aryl methyl sites for hydroxylation is 3. The molecular weight excluding hydrogens is 449 g/mol. The number of β-lactam (4-membered cyclic amide) rings is 1. The lowest BCUT2D eigenvalue weighted by atomic mass is 9.72. The van der Waals surface area contributed by atoms with Gasteiger partial charge in [0.15, 0.2) is 0 Å². The van der Waals surface area contributed by atoms with Gasteiger partial charge in [-0.3, -0.25) is 9.69 Å². The second kappa shape index (κ2) is 9.18. The van der Waals surface area contributed by atoms with Crippen LogP contribution in [0.1, 0.15) is 39.7 Å². The molecule has 1 amide bonds. The number of amides is 1. The SMILES string of the molecule is Cc1ncc(CN2CCCC3(C2)CN(Cc2c(C)noc2C)C3=O)s1.O=C(O)C(F)(F)F. The zero-order valence-electron chi connectivity index (χ0n) is 18.0. The van der Waals surface area contributed by atoms with Gasteiger partial charge in [-0.2, -0.15) is 13.2 Å². The molecule has 0 saturated carbocycles. The number of carboxylic acid groups (broad SMARTS) is 1. The standard InChI is InChI=1S/C18H24N4O2S.C2HF3O2/c1-12-16(13(2)24-20-12)9-22-11-18(17(22)23)5-4-6-21(10-18)8-15-7-19-14(3)25-15;3-2(4,5)1(6)7/h7H,4-6,8-11H2,1-3H3;(H,6,7). The highest BCUT2D eigenvalue weighted by molar-refractivity contribution is 7.11. The lowest BCUT2D eigenvalue weighted by Gasteiger charge is -2.53. The van der Waals surface area contributed by atoms with E-state index < -0.39 is 12.1 Å². The number of carbonyl (C=O) groups is 2. The van der Waals surface area contributed by atoms with Crippen molar-refractivity contribution in [2.24, 2.45) is 5.41 Å². The second-order valence-electron chi connectivity index (χ2n) is 8.21. The van der Waals surface area contributed by atoms with E-state index in [1.165, 1.54) is 4.88 Å². The Balaban J connectivity index is 0.000000360. The Kier molecular flexibility index (Phi) is 6.94. The van der Waals surface area contributed by atoms with E-state index in [2.05, 4.69) is 15.0 Å². The Bertz CT molecular complexity index is 970. The minimum absolute atomic E-state index is 0.184. The summed E-state index contributed by atoms with van der Waals surface area (Å²) in [6, 6.07) is 0. The van der Waals surface area contributed by atoms with Gasteiger partial charge in [-0.15, -0.1) is 11.3 Å². The number of rotatable bonds is 4. The van der Waals surface area contributed by atoms with Crippen LogP contribution in [0.4, 0.5) is 13.2 Å². The molecule has 1 atom stereocenters. The largest absolute Gasteiger partial charge is 0.490 e. The molecule has 2 saturated heterocycles. The maximum atomic E-state index is 12.9. The van der Waals surface area contributed by atoms with E-state index in [0.29, 0.717) is 6.54 Å². The molecule has 4 rings (SSSR count). The summed E-state index contributed by atoms with van der Waals surface area (Å²) in [5.74, 6) is -1.65. The molecule has 2 aliphatic rings. The number of halogens is 3. The molecule has 2 aliphatic heterocycles. The van der Waals surface area contributed by atoms with Crippen molar-refractivity contribution in [1.82, 2.24) is 19.9 Å². The fraction of sp³-hybridized carbons (Fsp3) is 0.600. The molecule has 0 aromatic carbocycles. The molecule has 1 unspecified atom stereocenters. The van der Waals surface area contributed by atoms with Gasteiger partial charge in [0, 0.05) is 36.3 Å². The summed E-state index contributed by atoms with van der Waals surface area (Å²) in [5, 5.41) is 12.2. The number of likely N-dealkylation sites (tertiary alicyclic amines) is 2. The van der Waals surface area contributed by atoms with Crippen molar-refractivity contribution in [2.45, 2.75) is 52.9 Å². The van der Waals surface area contributed by atoms with Crippen LogP contribution >= 0.6 is 11.3 Å². The van der Waals surface area contributed by atoms with Crippen molar-refractivity contribution < 1.29 is 32.4 Å². The van der Waals surface area contributed by atoms with Gasteiger partial charge in [-0.1, -0.05) is 5.16 Å². The van der Waals surface area contributed by atoms with E-state index in [1.807, 2.05) is 31.9 Å². The van der Waals surface area contributed by atoms with E-state index in [0.717, 1.165) is 61.0 Å². The van der Waals surface area contributed by atoms with Gasteiger partial charge in [-0.25, -0.2) is 9.78 Å². The normalized spacial score (nSPS) is 21.3. The highest BCUT2D eigenvalue weighted by Gasteiger charge is 2.53. The van der Waals surface area contributed by atoms with Crippen molar-refractivity contribution in [3.8, 4) is 0 Å². The molecule has 176 valence electrons. The van der Waals surface area contributed by atoms with E-state index in [1.54, 1.807) is 11.3 Å². The average molecular weight is 475 g/mol. The number of nitrogens with zero attached hydrogens (tertiary/aromatic N) is 4. The molecule has 1 spiro atoms. The van der Waals surface area contributed by atoms with Crippen LogP contribution in [-0.2, 0) is 22.7 Å². The minimum Gasteiger partial charge on any atom is -0.475 e. The number of aliphatic carboxylic acids is 1. The summed E-state index contributed by atoms with van der Waals surface area (Å²) < 4.78 is 37.0. The van der Waals surface area contributed by atoms with Crippen LogP contribution in [0, 0.1) is 26.2 Å². The van der Waals surface area contributed by atoms with E-state index >= 15 is 0 Å². The highest BCUT2D eigenvalue weighted by atomic mass is 32.1. The van der Waals surface area contributed by atoms with Gasteiger partial charge in [0.2, 0.25) is 5.91 Å². The average Bonchev–Trinajstić information content (AvgIpc) is 3.26. The van der Waals surface area contributed by atoms with Crippen LogP contribution in [0.5, 0.6) is 0 Å². The zero-order chi connectivity index (χ0) is 23.7. The lowest BCUT2D eigenvalue weighted by molar-refractivity contribution is -0.192. The van der Waals surface area contributed by atoms with Gasteiger partial charge in [0.05, 0.1) is 22.7 Å². The summed E-state index contributed by atoms with van der Waals surface area (Å²) in [4.78, 5) is 31.8. The summed E-state index contributed by atoms with van der Waals surface area (Å²) >= 11 is 1.75. The summed E-state index contributed by atoms with van der Waals surface area (Å²) in [5.41, 5.74) is 1.75. The summed E-state index contributed by atoms with van der Waals surface area (Å²) in [6.45, 7) is 10.2. The molecule has 0 bridgehead atoms. The zero-order valence-corrected chi connectivity index (χ0v) is 18.8. The highest BCUT2D eigenvalue weighted by Crippen LogP contribution is 2.41. The fourth-order valence-corrected chi connectivity index (χ4v) is 5.00. The molecule has 12 heteroatoms. The number of alkyl halides is 3. The summed E-state index contributed by atoms with van der Waals surface area (Å²) in [6.07, 6.45) is -1.03. The van der Waals surface area contributed by atoms with Crippen molar-refractivity contribution in [3.05, 3.63) is 33.1 Å². The van der Waals surface area contributed by atoms with Crippen LogP contribution in [0.15, 0.2) is 10.7 Å². The van der Waals surface area contributed by atoms with Crippen LogP contribution in [0.3, 0.4) is 0 Å². The Morgan fingerprint density at radius 2 is 1.97 bits per heavy atom. The molecule has 0 radical (unpaired) electrons. The number of thiazole rings is 1. The molecule has 8 nitrogen and oxygen atoms in total. The van der Waals surface area contributed by atoms with E-state index in [-0.39, 0.29) is 11.3 Å². The molecule has 32 heavy (non-hydrogen) atoms. The quantitative estimate of drug-likeness (QED) is 0.679.